The summed E-state index contributed by atoms with van der Waals surface area (Å²) in [7, 11) is 0. The van der Waals surface area contributed by atoms with Crippen LogP contribution in [0.5, 0.6) is 0 Å². The number of hydrogen-bond acceptors (Lipinski definition) is 6. The number of hydrogen-bond donors (Lipinski definition) is 2. The molecule has 3 rings (SSSR count). The van der Waals surface area contributed by atoms with Gasteiger partial charge in [-0.3, -0.25) is 5.10 Å². The maximum Gasteiger partial charge on any atom is 0.245 e. The van der Waals surface area contributed by atoms with Crippen molar-refractivity contribution in [2.75, 3.05) is 18.0 Å². The van der Waals surface area contributed by atoms with Crippen molar-refractivity contribution in [1.29, 1.82) is 0 Å². The molecule has 2 aromatic rings. The number of anilines is 1. The molecule has 0 bridgehead atoms. The number of rotatable bonds is 2. The second-order valence-electron chi connectivity index (χ2n) is 4.27. The van der Waals surface area contributed by atoms with E-state index in [1.165, 1.54) is 0 Å². The van der Waals surface area contributed by atoms with E-state index in [9.17, 15) is 0 Å². The van der Waals surface area contributed by atoms with Crippen LogP contribution in [0.3, 0.4) is 0 Å². The van der Waals surface area contributed by atoms with E-state index in [-0.39, 0.29) is 6.04 Å². The Bertz CT molecular complexity index is 518. The van der Waals surface area contributed by atoms with Crippen LogP contribution in [0, 0.1) is 6.92 Å². The van der Waals surface area contributed by atoms with E-state index >= 15 is 0 Å². The molecule has 0 aromatic carbocycles. The number of aromatic nitrogens is 4. The summed E-state index contributed by atoms with van der Waals surface area (Å²) in [6.45, 7) is 3.55. The Balaban J connectivity index is 1.86. The van der Waals surface area contributed by atoms with Crippen molar-refractivity contribution in [3.8, 4) is 11.4 Å². The summed E-state index contributed by atoms with van der Waals surface area (Å²) in [6.07, 6.45) is 2.62. The lowest BCUT2D eigenvalue weighted by atomic mass is 10.3. The van der Waals surface area contributed by atoms with Gasteiger partial charge in [0, 0.05) is 19.1 Å². The summed E-state index contributed by atoms with van der Waals surface area (Å²) in [5.41, 5.74) is 6.70. The molecule has 1 aliphatic rings. The van der Waals surface area contributed by atoms with E-state index < -0.39 is 0 Å². The molecule has 1 fully saturated rings. The molecule has 1 unspecified atom stereocenters. The highest BCUT2D eigenvalue weighted by atomic mass is 16.5. The standard InChI is InChI=1S/C10H14N6O/c1-6-8(4-12-17-6)9-13-10(15-14-9)16-3-2-7(11)5-16/h4,7H,2-3,5,11H2,1H3,(H,13,14,15). The molecule has 1 aliphatic heterocycles. The zero-order chi connectivity index (χ0) is 11.8. The molecule has 3 N–H and O–H groups in total. The Morgan fingerprint density at radius 2 is 2.47 bits per heavy atom. The first-order chi connectivity index (χ1) is 8.24. The van der Waals surface area contributed by atoms with Crippen molar-refractivity contribution >= 4 is 5.95 Å². The van der Waals surface area contributed by atoms with Crippen LogP contribution in [-0.4, -0.2) is 39.5 Å². The monoisotopic (exact) mass is 234 g/mol. The number of aryl methyl sites for hydroxylation is 1. The number of nitrogens with one attached hydrogen (secondary N) is 1. The van der Waals surface area contributed by atoms with Gasteiger partial charge in [-0.1, -0.05) is 5.16 Å². The van der Waals surface area contributed by atoms with Crippen molar-refractivity contribution in [1.82, 2.24) is 20.3 Å². The minimum absolute atomic E-state index is 0.217. The Morgan fingerprint density at radius 1 is 1.59 bits per heavy atom. The fourth-order valence-electron chi connectivity index (χ4n) is 2.01. The van der Waals surface area contributed by atoms with Crippen LogP contribution < -0.4 is 10.6 Å². The van der Waals surface area contributed by atoms with Crippen molar-refractivity contribution in [3.05, 3.63) is 12.0 Å². The first kappa shape index (κ1) is 10.3. The van der Waals surface area contributed by atoms with Crippen molar-refractivity contribution in [3.63, 3.8) is 0 Å². The smallest absolute Gasteiger partial charge is 0.245 e. The predicted octanol–water partition coefficient (Wildman–Crippen LogP) is 0.306. The largest absolute Gasteiger partial charge is 0.361 e. The molecule has 0 amide bonds. The van der Waals surface area contributed by atoms with Gasteiger partial charge in [0.1, 0.15) is 5.76 Å². The van der Waals surface area contributed by atoms with Crippen LogP contribution in [0.25, 0.3) is 11.4 Å². The summed E-state index contributed by atoms with van der Waals surface area (Å²) in [5, 5.41) is 10.8. The Kier molecular flexibility index (Phi) is 2.32. The molecule has 7 nitrogen and oxygen atoms in total. The third-order valence-electron chi connectivity index (χ3n) is 2.99. The average molecular weight is 234 g/mol. The van der Waals surface area contributed by atoms with Gasteiger partial charge in [-0.25, -0.2) is 0 Å². The van der Waals surface area contributed by atoms with E-state index in [0.29, 0.717) is 11.8 Å². The number of nitrogens with two attached hydrogens (primary N) is 1. The van der Waals surface area contributed by atoms with Gasteiger partial charge < -0.3 is 15.2 Å². The fraction of sp³-hybridized carbons (Fsp3) is 0.500. The summed E-state index contributed by atoms with van der Waals surface area (Å²) >= 11 is 0. The molecule has 1 saturated heterocycles. The van der Waals surface area contributed by atoms with E-state index in [0.717, 1.165) is 30.8 Å². The van der Waals surface area contributed by atoms with Crippen molar-refractivity contribution in [2.45, 2.75) is 19.4 Å². The molecule has 2 aromatic heterocycles. The molecule has 90 valence electrons. The van der Waals surface area contributed by atoms with Gasteiger partial charge in [0.05, 0.1) is 11.8 Å². The summed E-state index contributed by atoms with van der Waals surface area (Å²) in [6, 6.07) is 0.217. The second-order valence-corrected chi connectivity index (χ2v) is 4.27. The van der Waals surface area contributed by atoms with Gasteiger partial charge >= 0.3 is 0 Å². The van der Waals surface area contributed by atoms with Gasteiger partial charge in [-0.15, -0.1) is 5.10 Å². The molecule has 3 heterocycles. The molecule has 0 saturated carbocycles. The molecule has 0 aliphatic carbocycles. The number of aromatic amines is 1. The second kappa shape index (κ2) is 3.85. The Morgan fingerprint density at radius 3 is 3.12 bits per heavy atom. The highest BCUT2D eigenvalue weighted by molar-refractivity contribution is 5.57. The maximum atomic E-state index is 5.86. The third kappa shape index (κ3) is 1.78. The topological polar surface area (TPSA) is 96.9 Å². The predicted molar refractivity (Wildman–Crippen MR) is 61.4 cm³/mol. The average Bonchev–Trinajstić information content (AvgIpc) is 2.97. The third-order valence-corrected chi connectivity index (χ3v) is 2.99. The van der Waals surface area contributed by atoms with Gasteiger partial charge in [-0.2, -0.15) is 4.98 Å². The highest BCUT2D eigenvalue weighted by Crippen LogP contribution is 2.22. The lowest BCUT2D eigenvalue weighted by Gasteiger charge is -2.11. The quantitative estimate of drug-likeness (QED) is 0.776. The van der Waals surface area contributed by atoms with Crippen LogP contribution in [0.1, 0.15) is 12.2 Å². The maximum absolute atomic E-state index is 5.86. The Hall–Kier alpha value is -1.89. The van der Waals surface area contributed by atoms with Gasteiger partial charge in [0.2, 0.25) is 5.95 Å². The van der Waals surface area contributed by atoms with E-state index in [2.05, 4.69) is 25.2 Å². The molecule has 17 heavy (non-hydrogen) atoms. The minimum atomic E-state index is 0.217. The van der Waals surface area contributed by atoms with Gasteiger partial charge in [0.15, 0.2) is 5.82 Å². The van der Waals surface area contributed by atoms with E-state index in [4.69, 9.17) is 10.3 Å². The summed E-state index contributed by atoms with van der Waals surface area (Å²) in [4.78, 5) is 6.51. The Labute approximate surface area is 98.0 Å². The molecule has 7 heteroatoms. The fourth-order valence-corrected chi connectivity index (χ4v) is 2.01. The minimum Gasteiger partial charge on any atom is -0.361 e. The van der Waals surface area contributed by atoms with E-state index in [1.807, 2.05) is 6.92 Å². The number of H-pyrrole nitrogens is 1. The molecule has 1 atom stereocenters. The SMILES string of the molecule is Cc1oncc1-c1nc(N2CCC(N)C2)n[nH]1. The molecule has 0 spiro atoms. The van der Waals surface area contributed by atoms with Crippen LogP contribution in [-0.2, 0) is 0 Å². The molecular weight excluding hydrogens is 220 g/mol. The molecular formula is C10H14N6O. The highest BCUT2D eigenvalue weighted by Gasteiger charge is 2.23. The first-order valence-corrected chi connectivity index (χ1v) is 5.58. The van der Waals surface area contributed by atoms with Crippen LogP contribution in [0.2, 0.25) is 0 Å². The summed E-state index contributed by atoms with van der Waals surface area (Å²) < 4.78 is 5.00. The van der Waals surface area contributed by atoms with E-state index in [1.54, 1.807) is 6.20 Å². The van der Waals surface area contributed by atoms with Gasteiger partial charge in [0.25, 0.3) is 0 Å². The van der Waals surface area contributed by atoms with Crippen LogP contribution >= 0.6 is 0 Å². The lowest BCUT2D eigenvalue weighted by Crippen LogP contribution is -2.26. The summed E-state index contributed by atoms with van der Waals surface area (Å²) in [5.74, 6) is 2.10. The lowest BCUT2D eigenvalue weighted by molar-refractivity contribution is 0.398. The number of nitrogens with zero attached hydrogens (tertiary/aromatic N) is 4. The first-order valence-electron chi connectivity index (χ1n) is 5.58. The van der Waals surface area contributed by atoms with Crippen LogP contribution in [0.15, 0.2) is 10.7 Å². The van der Waals surface area contributed by atoms with Crippen LogP contribution in [0.4, 0.5) is 5.95 Å². The van der Waals surface area contributed by atoms with Crippen molar-refractivity contribution < 1.29 is 4.52 Å². The van der Waals surface area contributed by atoms with Crippen molar-refractivity contribution in [2.24, 2.45) is 5.73 Å². The molecule has 0 radical (unpaired) electrons. The normalized spacial score (nSPS) is 20.1. The van der Waals surface area contributed by atoms with Gasteiger partial charge in [-0.05, 0) is 13.3 Å². The zero-order valence-electron chi connectivity index (χ0n) is 9.55. The zero-order valence-corrected chi connectivity index (χ0v) is 9.55.